The zero-order chi connectivity index (χ0) is 23.4. The third kappa shape index (κ3) is 4.75. The minimum Gasteiger partial charge on any atom is -0.507 e. The molecule has 1 N–H and O–H groups in total. The number of phenolic OH excluding ortho intramolecular Hbond substituents is 1. The predicted molar refractivity (Wildman–Crippen MR) is 111 cm³/mol. The van der Waals surface area contributed by atoms with E-state index in [1.807, 2.05) is 6.92 Å². The van der Waals surface area contributed by atoms with Crippen molar-refractivity contribution in [1.82, 2.24) is 0 Å². The van der Waals surface area contributed by atoms with Gasteiger partial charge in [0.25, 0.3) is 0 Å². The van der Waals surface area contributed by atoms with E-state index in [4.69, 9.17) is 5.26 Å². The molecule has 0 bridgehead atoms. The zero-order valence-corrected chi connectivity index (χ0v) is 17.3. The minimum atomic E-state index is -1.14. The Morgan fingerprint density at radius 1 is 0.812 bits per heavy atom. The molecule has 3 aromatic carbocycles. The first kappa shape index (κ1) is 23.3. The predicted octanol–water partition coefficient (Wildman–Crippen LogP) is 6.75. The highest BCUT2D eigenvalue weighted by Crippen LogP contribution is 2.37. The van der Waals surface area contributed by atoms with E-state index >= 15 is 4.39 Å². The fraction of sp³-hybridized carbons (Fsp3) is 0.240. The van der Waals surface area contributed by atoms with Gasteiger partial charge in [-0.25, -0.2) is 22.0 Å². The molecule has 0 heterocycles. The van der Waals surface area contributed by atoms with Crippen LogP contribution in [-0.2, 0) is 19.3 Å². The van der Waals surface area contributed by atoms with Crippen LogP contribution in [0.5, 0.6) is 5.75 Å². The average Bonchev–Trinajstić information content (AvgIpc) is 2.73. The average molecular weight is 445 g/mol. The first-order valence-corrected chi connectivity index (χ1v) is 10.1. The van der Waals surface area contributed by atoms with E-state index in [0.29, 0.717) is 12.5 Å². The Labute approximate surface area is 182 Å². The molecule has 0 radical (unpaired) electrons. The number of phenols is 1. The summed E-state index contributed by atoms with van der Waals surface area (Å²) in [6.07, 6.45) is 1.99. The number of unbranched alkanes of at least 4 members (excludes halogenated alkanes) is 1. The van der Waals surface area contributed by atoms with Crippen molar-refractivity contribution in [3.05, 3.63) is 87.7 Å². The second-order valence-corrected chi connectivity index (χ2v) is 7.51. The Bertz CT molecular complexity index is 1180. The molecule has 0 atom stereocenters. The highest BCUT2D eigenvalue weighted by molar-refractivity contribution is 5.72. The summed E-state index contributed by atoms with van der Waals surface area (Å²) in [5, 5.41) is 18.9. The molecular weight excluding hydrogens is 425 g/mol. The lowest BCUT2D eigenvalue weighted by Gasteiger charge is -2.14. The Hall–Kier alpha value is -3.40. The van der Waals surface area contributed by atoms with Crippen LogP contribution in [0.3, 0.4) is 0 Å². The second-order valence-electron chi connectivity index (χ2n) is 7.51. The Kier molecular flexibility index (Phi) is 7.14. The number of aryl methyl sites for hydroxylation is 2. The van der Waals surface area contributed by atoms with E-state index in [9.17, 15) is 22.7 Å². The number of hydrogen-bond acceptors (Lipinski definition) is 2. The molecule has 0 aliphatic carbocycles. The SMILES string of the molecule is CCCCc1ccc(-c2c(O)cc(F)c(CCc3cc(F)c(C#N)c(F)c3)c2F)c(F)c1. The van der Waals surface area contributed by atoms with Gasteiger partial charge in [0.15, 0.2) is 0 Å². The molecule has 0 unspecified atom stereocenters. The molecule has 166 valence electrons. The molecule has 0 aliphatic rings. The number of nitrogens with zero attached hydrogens (tertiary/aromatic N) is 1. The number of hydrogen-bond donors (Lipinski definition) is 1. The van der Waals surface area contributed by atoms with Gasteiger partial charge in [-0.2, -0.15) is 5.26 Å². The van der Waals surface area contributed by atoms with Gasteiger partial charge in [-0.15, -0.1) is 0 Å². The molecule has 3 rings (SSSR count). The fourth-order valence-electron chi connectivity index (χ4n) is 3.58. The third-order valence-electron chi connectivity index (χ3n) is 5.29. The summed E-state index contributed by atoms with van der Waals surface area (Å²) in [5.74, 6) is -5.84. The molecule has 0 fully saturated rings. The van der Waals surface area contributed by atoms with Crippen molar-refractivity contribution in [2.24, 2.45) is 0 Å². The van der Waals surface area contributed by atoms with E-state index in [0.717, 1.165) is 30.5 Å². The first-order chi connectivity index (χ1) is 15.3. The summed E-state index contributed by atoms with van der Waals surface area (Å²) in [6.45, 7) is 2.00. The van der Waals surface area contributed by atoms with Gasteiger partial charge in [-0.3, -0.25) is 0 Å². The van der Waals surface area contributed by atoms with Crippen LogP contribution in [-0.4, -0.2) is 5.11 Å². The molecule has 32 heavy (non-hydrogen) atoms. The second kappa shape index (κ2) is 9.82. The van der Waals surface area contributed by atoms with Crippen LogP contribution in [0.25, 0.3) is 11.1 Å². The van der Waals surface area contributed by atoms with Gasteiger partial charge in [0.1, 0.15) is 46.5 Å². The summed E-state index contributed by atoms with van der Waals surface area (Å²) >= 11 is 0. The Balaban J connectivity index is 1.95. The van der Waals surface area contributed by atoms with Crippen LogP contribution < -0.4 is 0 Å². The van der Waals surface area contributed by atoms with Crippen molar-refractivity contribution in [3.63, 3.8) is 0 Å². The first-order valence-electron chi connectivity index (χ1n) is 10.1. The maximum Gasteiger partial charge on any atom is 0.144 e. The van der Waals surface area contributed by atoms with Gasteiger partial charge in [0.05, 0.1) is 5.56 Å². The molecule has 0 saturated heterocycles. The van der Waals surface area contributed by atoms with E-state index in [1.165, 1.54) is 18.2 Å². The summed E-state index contributed by atoms with van der Waals surface area (Å²) in [6, 6.07) is 8.16. The normalized spacial score (nSPS) is 10.9. The molecule has 3 aromatic rings. The fourth-order valence-corrected chi connectivity index (χ4v) is 3.58. The molecule has 0 aliphatic heterocycles. The molecule has 0 amide bonds. The van der Waals surface area contributed by atoms with Crippen molar-refractivity contribution < 1.29 is 27.1 Å². The van der Waals surface area contributed by atoms with E-state index < -0.39 is 51.5 Å². The highest BCUT2D eigenvalue weighted by atomic mass is 19.1. The molecular formula is C25H20F5NO. The van der Waals surface area contributed by atoms with Crippen LogP contribution in [0.2, 0.25) is 0 Å². The standard InChI is InChI=1S/C25H20F5NO/c1-2-3-4-14-5-7-16(19(26)9-14)24-23(32)12-22(29)17(25(24)30)8-6-15-10-20(27)18(13-31)21(28)11-15/h5,7,9-12,32H,2-4,6,8H2,1H3. The monoisotopic (exact) mass is 445 g/mol. The lowest BCUT2D eigenvalue weighted by molar-refractivity contribution is 0.458. The van der Waals surface area contributed by atoms with Gasteiger partial charge < -0.3 is 5.11 Å². The van der Waals surface area contributed by atoms with Crippen LogP contribution in [0, 0.1) is 40.4 Å². The van der Waals surface area contributed by atoms with Crippen molar-refractivity contribution in [3.8, 4) is 22.9 Å². The van der Waals surface area contributed by atoms with Crippen LogP contribution in [0.4, 0.5) is 22.0 Å². The van der Waals surface area contributed by atoms with Crippen LogP contribution in [0.15, 0.2) is 36.4 Å². The van der Waals surface area contributed by atoms with Crippen molar-refractivity contribution in [1.29, 1.82) is 5.26 Å². The number of benzene rings is 3. The molecule has 2 nitrogen and oxygen atoms in total. The molecule has 7 heteroatoms. The molecule has 0 saturated carbocycles. The smallest absolute Gasteiger partial charge is 0.144 e. The molecule has 0 aromatic heterocycles. The van der Waals surface area contributed by atoms with Crippen LogP contribution in [0.1, 0.15) is 42.0 Å². The van der Waals surface area contributed by atoms with Gasteiger partial charge in [0.2, 0.25) is 0 Å². The maximum atomic E-state index is 15.2. The summed E-state index contributed by atoms with van der Waals surface area (Å²) in [5.41, 5.74) is -1.05. The van der Waals surface area contributed by atoms with Gasteiger partial charge in [-0.05, 0) is 55.0 Å². The van der Waals surface area contributed by atoms with E-state index in [1.54, 1.807) is 6.07 Å². The Morgan fingerprint density at radius 3 is 2.06 bits per heavy atom. The van der Waals surface area contributed by atoms with Crippen molar-refractivity contribution in [2.45, 2.75) is 39.0 Å². The Morgan fingerprint density at radius 2 is 1.47 bits per heavy atom. The largest absolute Gasteiger partial charge is 0.507 e. The summed E-state index contributed by atoms with van der Waals surface area (Å²) < 4.78 is 71.9. The van der Waals surface area contributed by atoms with Gasteiger partial charge in [0, 0.05) is 17.2 Å². The molecule has 0 spiro atoms. The van der Waals surface area contributed by atoms with Gasteiger partial charge in [-0.1, -0.05) is 25.5 Å². The number of halogens is 5. The summed E-state index contributed by atoms with van der Waals surface area (Å²) in [4.78, 5) is 0. The van der Waals surface area contributed by atoms with Gasteiger partial charge >= 0.3 is 0 Å². The number of nitriles is 1. The number of rotatable bonds is 7. The van der Waals surface area contributed by atoms with Crippen LogP contribution >= 0.6 is 0 Å². The highest BCUT2D eigenvalue weighted by Gasteiger charge is 2.22. The quantitative estimate of drug-likeness (QED) is 0.409. The third-order valence-corrected chi connectivity index (χ3v) is 5.29. The summed E-state index contributed by atoms with van der Waals surface area (Å²) in [7, 11) is 0. The number of aromatic hydroxyl groups is 1. The van der Waals surface area contributed by atoms with Crippen molar-refractivity contribution >= 4 is 0 Å². The lowest BCUT2D eigenvalue weighted by Crippen LogP contribution is -2.04. The van der Waals surface area contributed by atoms with E-state index in [2.05, 4.69) is 0 Å². The maximum absolute atomic E-state index is 15.2. The lowest BCUT2D eigenvalue weighted by atomic mass is 9.95. The van der Waals surface area contributed by atoms with E-state index in [-0.39, 0.29) is 24.0 Å². The van der Waals surface area contributed by atoms with Crippen molar-refractivity contribution in [2.75, 3.05) is 0 Å². The topological polar surface area (TPSA) is 44.0 Å². The minimum absolute atomic E-state index is 0.0962. The zero-order valence-electron chi connectivity index (χ0n) is 17.3.